The minimum absolute atomic E-state index is 0.360. The van der Waals surface area contributed by atoms with Crippen molar-refractivity contribution in [2.45, 2.75) is 0 Å². The molecule has 2 N–H and O–H groups in total. The summed E-state index contributed by atoms with van der Waals surface area (Å²) >= 11 is 23.3. The molecule has 2 aromatic carbocycles. The Labute approximate surface area is 146 Å². The number of hydrogen-bond acceptors (Lipinski definition) is 3. The fraction of sp³-hybridized carbons (Fsp3) is 0. The van der Waals surface area contributed by atoms with Gasteiger partial charge in [-0.1, -0.05) is 51.5 Å². The van der Waals surface area contributed by atoms with Crippen LogP contribution in [0.1, 0.15) is 0 Å². The molecule has 114 valence electrons. The molecule has 2 amide bonds. The second-order valence-corrected chi connectivity index (χ2v) is 5.79. The third-order valence-corrected chi connectivity index (χ3v) is 3.15. The molecule has 22 heavy (non-hydrogen) atoms. The van der Waals surface area contributed by atoms with Crippen LogP contribution in [0.5, 0.6) is 0 Å². The summed E-state index contributed by atoms with van der Waals surface area (Å²) in [6.07, 6.45) is 0. The zero-order valence-electron chi connectivity index (χ0n) is 10.8. The molecule has 0 heterocycles. The van der Waals surface area contributed by atoms with E-state index >= 15 is 0 Å². The number of azo groups is 1. The van der Waals surface area contributed by atoms with Gasteiger partial charge in [-0.3, -0.25) is 5.43 Å². The molecule has 0 unspecified atom stereocenters. The molecule has 0 fully saturated rings. The predicted molar refractivity (Wildman–Crippen MR) is 89.6 cm³/mol. The Bertz CT molecular complexity index is 695. The minimum atomic E-state index is -0.716. The lowest BCUT2D eigenvalue weighted by Crippen LogP contribution is -2.26. The van der Waals surface area contributed by atoms with Gasteiger partial charge in [0.1, 0.15) is 0 Å². The number of carbonyl (C=O) groups excluding carboxylic acids is 1. The van der Waals surface area contributed by atoms with Crippen molar-refractivity contribution in [2.24, 2.45) is 10.2 Å². The standard InChI is InChI=1S/C13H8Cl4N4O/c14-7-1-8(15)4-11(3-7)18-20-13(22)21-19-12-5-9(16)2-10(17)6-12/h1-6,18H,(H,20,22). The summed E-state index contributed by atoms with van der Waals surface area (Å²) in [7, 11) is 0. The van der Waals surface area contributed by atoms with E-state index in [4.69, 9.17) is 46.4 Å². The Balaban J connectivity index is 1.96. The van der Waals surface area contributed by atoms with E-state index in [9.17, 15) is 4.79 Å². The normalized spacial score (nSPS) is 10.7. The summed E-state index contributed by atoms with van der Waals surface area (Å²) < 4.78 is 0. The van der Waals surface area contributed by atoms with Gasteiger partial charge in [0.25, 0.3) is 0 Å². The Kier molecular flexibility index (Phi) is 5.85. The fourth-order valence-electron chi connectivity index (χ4n) is 1.48. The van der Waals surface area contributed by atoms with Crippen LogP contribution in [0.3, 0.4) is 0 Å². The molecule has 0 spiro atoms. The van der Waals surface area contributed by atoms with Gasteiger partial charge in [0.2, 0.25) is 0 Å². The molecular weight excluding hydrogens is 370 g/mol. The first-order valence-corrected chi connectivity index (χ1v) is 7.33. The predicted octanol–water partition coefficient (Wildman–Crippen LogP) is 6.12. The van der Waals surface area contributed by atoms with E-state index in [1.165, 1.54) is 12.1 Å². The first kappa shape index (κ1) is 16.8. The molecule has 2 rings (SSSR count). The summed E-state index contributed by atoms with van der Waals surface area (Å²) in [5.74, 6) is 0. The molecule has 2 aromatic rings. The largest absolute Gasteiger partial charge is 0.378 e. The molecule has 0 aromatic heterocycles. The van der Waals surface area contributed by atoms with Gasteiger partial charge < -0.3 is 0 Å². The second-order valence-electron chi connectivity index (χ2n) is 4.04. The average molecular weight is 378 g/mol. The van der Waals surface area contributed by atoms with Gasteiger partial charge in [-0.05, 0) is 36.4 Å². The molecule has 0 aliphatic carbocycles. The van der Waals surface area contributed by atoms with E-state index in [0.717, 1.165) is 0 Å². The van der Waals surface area contributed by atoms with Crippen LogP contribution < -0.4 is 10.9 Å². The van der Waals surface area contributed by atoms with Gasteiger partial charge in [-0.25, -0.2) is 10.2 Å². The van der Waals surface area contributed by atoms with Crippen molar-refractivity contribution in [3.05, 3.63) is 56.5 Å². The molecule has 9 heteroatoms. The number of hydrazine groups is 1. The highest BCUT2D eigenvalue weighted by molar-refractivity contribution is 6.35. The highest BCUT2D eigenvalue weighted by atomic mass is 35.5. The number of halogens is 4. The van der Waals surface area contributed by atoms with E-state index < -0.39 is 6.03 Å². The molecule has 0 saturated carbocycles. The monoisotopic (exact) mass is 376 g/mol. The lowest BCUT2D eigenvalue weighted by Gasteiger charge is -2.06. The van der Waals surface area contributed by atoms with Crippen LogP contribution >= 0.6 is 46.4 Å². The van der Waals surface area contributed by atoms with Gasteiger partial charge in [-0.2, -0.15) is 0 Å². The summed E-state index contributed by atoms with van der Waals surface area (Å²) in [6, 6.07) is 8.62. The number of urea groups is 1. The summed E-state index contributed by atoms with van der Waals surface area (Å²) in [5, 5.41) is 8.85. The van der Waals surface area contributed by atoms with Gasteiger partial charge >= 0.3 is 6.03 Å². The van der Waals surface area contributed by atoms with Crippen molar-refractivity contribution in [1.29, 1.82) is 0 Å². The van der Waals surface area contributed by atoms with Gasteiger partial charge in [-0.15, -0.1) is 5.11 Å². The Morgan fingerprint density at radius 1 is 0.818 bits per heavy atom. The maximum absolute atomic E-state index is 11.6. The number of anilines is 1. The molecule has 0 atom stereocenters. The topological polar surface area (TPSA) is 65.8 Å². The van der Waals surface area contributed by atoms with Crippen molar-refractivity contribution in [2.75, 3.05) is 5.43 Å². The van der Waals surface area contributed by atoms with Gasteiger partial charge in [0, 0.05) is 20.1 Å². The van der Waals surface area contributed by atoms with Crippen molar-refractivity contribution in [3.63, 3.8) is 0 Å². The molecular formula is C13H8Cl4N4O. The Hall–Kier alpha value is -1.53. The second kappa shape index (κ2) is 7.65. The summed E-state index contributed by atoms with van der Waals surface area (Å²) in [6.45, 7) is 0. The van der Waals surface area contributed by atoms with Crippen LogP contribution in [0.25, 0.3) is 0 Å². The lowest BCUT2D eigenvalue weighted by molar-refractivity contribution is 0.249. The third-order valence-electron chi connectivity index (χ3n) is 2.28. The van der Waals surface area contributed by atoms with Crippen LogP contribution in [0.4, 0.5) is 16.2 Å². The number of hydrogen-bond donors (Lipinski definition) is 2. The van der Waals surface area contributed by atoms with Crippen LogP contribution in [0, 0.1) is 0 Å². The number of benzene rings is 2. The third kappa shape index (κ3) is 5.35. The van der Waals surface area contributed by atoms with E-state index in [0.29, 0.717) is 31.5 Å². The zero-order valence-corrected chi connectivity index (χ0v) is 13.8. The Morgan fingerprint density at radius 3 is 1.86 bits per heavy atom. The van der Waals surface area contributed by atoms with Crippen molar-refractivity contribution in [3.8, 4) is 0 Å². The number of carbonyl (C=O) groups is 1. The molecule has 0 aliphatic rings. The van der Waals surface area contributed by atoms with E-state index in [1.54, 1.807) is 24.3 Å². The first-order valence-electron chi connectivity index (χ1n) is 5.82. The van der Waals surface area contributed by atoms with Crippen molar-refractivity contribution in [1.82, 2.24) is 5.43 Å². The Morgan fingerprint density at radius 2 is 1.32 bits per heavy atom. The minimum Gasteiger partial charge on any atom is -0.297 e. The summed E-state index contributed by atoms with van der Waals surface area (Å²) in [4.78, 5) is 11.6. The van der Waals surface area contributed by atoms with Crippen LogP contribution in [-0.2, 0) is 0 Å². The van der Waals surface area contributed by atoms with E-state index in [-0.39, 0.29) is 0 Å². The molecule has 0 bridgehead atoms. The van der Waals surface area contributed by atoms with Crippen LogP contribution in [0.15, 0.2) is 46.6 Å². The highest BCUT2D eigenvalue weighted by Gasteiger charge is 2.02. The van der Waals surface area contributed by atoms with Gasteiger partial charge in [0.05, 0.1) is 11.4 Å². The molecule has 0 radical (unpaired) electrons. The van der Waals surface area contributed by atoms with Crippen LogP contribution in [0.2, 0.25) is 20.1 Å². The number of nitrogens with one attached hydrogen (secondary N) is 2. The number of rotatable bonds is 3. The van der Waals surface area contributed by atoms with Crippen LogP contribution in [-0.4, -0.2) is 6.03 Å². The average Bonchev–Trinajstić information content (AvgIpc) is 2.41. The number of nitrogens with zero attached hydrogens (tertiary/aromatic N) is 2. The van der Waals surface area contributed by atoms with E-state index in [2.05, 4.69) is 21.1 Å². The quantitative estimate of drug-likeness (QED) is 0.499. The maximum Gasteiger partial charge on any atom is 0.378 e. The first-order chi connectivity index (χ1) is 10.4. The van der Waals surface area contributed by atoms with Gasteiger partial charge in [0.15, 0.2) is 0 Å². The SMILES string of the molecule is O=C(N=Nc1cc(Cl)cc(Cl)c1)NNc1cc(Cl)cc(Cl)c1. The zero-order chi connectivity index (χ0) is 16.1. The molecule has 0 aliphatic heterocycles. The van der Waals surface area contributed by atoms with E-state index in [1.807, 2.05) is 0 Å². The highest BCUT2D eigenvalue weighted by Crippen LogP contribution is 2.25. The number of amides is 2. The smallest absolute Gasteiger partial charge is 0.297 e. The molecule has 0 saturated heterocycles. The van der Waals surface area contributed by atoms with Crippen molar-refractivity contribution < 1.29 is 4.79 Å². The lowest BCUT2D eigenvalue weighted by atomic mass is 10.3. The molecule has 5 nitrogen and oxygen atoms in total. The fourth-order valence-corrected chi connectivity index (χ4v) is 2.52. The van der Waals surface area contributed by atoms with Crippen molar-refractivity contribution >= 4 is 63.8 Å². The maximum atomic E-state index is 11.6. The summed E-state index contributed by atoms with van der Waals surface area (Å²) in [5.41, 5.74) is 5.80.